The van der Waals surface area contributed by atoms with E-state index in [0.717, 1.165) is 6.07 Å². The van der Waals surface area contributed by atoms with Gasteiger partial charge in [0.1, 0.15) is 17.2 Å². The van der Waals surface area contributed by atoms with E-state index in [9.17, 15) is 28.1 Å². The molecular weight excluding hydrogens is 459 g/mol. The summed E-state index contributed by atoms with van der Waals surface area (Å²) in [6.45, 7) is 5.08. The molecule has 3 heterocycles. The standard InChI is InChI=1S/C21H16F3N5O5/c1-9-6-13(11(3)33-9)16-8-14(18-10(2)28-34-20(18)25-16)19(30)27-26-15-5-4-12(21(22,23)24)7-17(15)29(31)32/h4-8,26H,1-3H3,(H,27,30). The number of alkyl halides is 3. The van der Waals surface area contributed by atoms with E-state index in [1.165, 1.54) is 6.07 Å². The third kappa shape index (κ3) is 4.14. The van der Waals surface area contributed by atoms with E-state index in [2.05, 4.69) is 21.0 Å². The van der Waals surface area contributed by atoms with Gasteiger partial charge in [-0.05, 0) is 45.0 Å². The summed E-state index contributed by atoms with van der Waals surface area (Å²) in [5.74, 6) is 0.447. The number of amides is 1. The third-order valence-corrected chi connectivity index (χ3v) is 5.01. The average molecular weight is 475 g/mol. The summed E-state index contributed by atoms with van der Waals surface area (Å²) in [5.41, 5.74) is 3.74. The van der Waals surface area contributed by atoms with Crippen LogP contribution in [0.4, 0.5) is 24.5 Å². The van der Waals surface area contributed by atoms with Gasteiger partial charge in [0.25, 0.3) is 17.3 Å². The Bertz CT molecular complexity index is 1440. The molecule has 1 aromatic carbocycles. The molecule has 0 fully saturated rings. The highest BCUT2D eigenvalue weighted by atomic mass is 19.4. The first-order valence-corrected chi connectivity index (χ1v) is 9.72. The first kappa shape index (κ1) is 22.8. The number of furan rings is 1. The molecule has 2 N–H and O–H groups in total. The Kier molecular flexibility index (Phi) is 5.47. The van der Waals surface area contributed by atoms with E-state index in [1.807, 2.05) is 0 Å². The molecule has 0 spiro atoms. The van der Waals surface area contributed by atoms with Crippen LogP contribution >= 0.6 is 0 Å². The van der Waals surface area contributed by atoms with E-state index >= 15 is 0 Å². The molecular formula is C21H16F3N5O5. The summed E-state index contributed by atoms with van der Waals surface area (Å²) in [6.07, 6.45) is -4.76. The zero-order chi connectivity index (χ0) is 24.8. The summed E-state index contributed by atoms with van der Waals surface area (Å²) in [7, 11) is 0. The summed E-state index contributed by atoms with van der Waals surface area (Å²) >= 11 is 0. The van der Waals surface area contributed by atoms with E-state index in [-0.39, 0.29) is 17.0 Å². The average Bonchev–Trinajstić information content (AvgIpc) is 3.31. The van der Waals surface area contributed by atoms with Gasteiger partial charge in [-0.15, -0.1) is 0 Å². The number of benzene rings is 1. The number of carbonyl (C=O) groups is 1. The number of anilines is 1. The first-order valence-electron chi connectivity index (χ1n) is 9.72. The molecule has 0 saturated carbocycles. The van der Waals surface area contributed by atoms with Crippen LogP contribution in [-0.2, 0) is 6.18 Å². The number of nitro benzene ring substituents is 1. The highest BCUT2D eigenvalue weighted by Crippen LogP contribution is 2.35. The summed E-state index contributed by atoms with van der Waals surface area (Å²) in [6, 6.07) is 5.11. The largest absolute Gasteiger partial charge is 0.466 e. The quantitative estimate of drug-likeness (QED) is 0.301. The Labute approximate surface area is 188 Å². The van der Waals surface area contributed by atoms with Crippen molar-refractivity contribution in [1.82, 2.24) is 15.6 Å². The third-order valence-electron chi connectivity index (χ3n) is 5.01. The number of nitrogens with zero attached hydrogens (tertiary/aromatic N) is 3. The van der Waals surface area contributed by atoms with Gasteiger partial charge in [-0.1, -0.05) is 5.16 Å². The zero-order valence-electron chi connectivity index (χ0n) is 17.9. The molecule has 0 aliphatic heterocycles. The predicted molar refractivity (Wildman–Crippen MR) is 113 cm³/mol. The Morgan fingerprint density at radius 1 is 1.15 bits per heavy atom. The number of aryl methyl sites for hydroxylation is 3. The maximum atomic E-state index is 13.0. The van der Waals surface area contributed by atoms with E-state index in [1.54, 1.807) is 26.8 Å². The minimum absolute atomic E-state index is 0.0823. The smallest absolute Gasteiger partial charge is 0.416 e. The number of fused-ring (bicyclic) bond motifs is 1. The van der Waals surface area contributed by atoms with Crippen molar-refractivity contribution >= 4 is 28.4 Å². The second kappa shape index (κ2) is 8.17. The number of pyridine rings is 1. The van der Waals surface area contributed by atoms with Gasteiger partial charge >= 0.3 is 6.18 Å². The fraction of sp³-hybridized carbons (Fsp3) is 0.190. The van der Waals surface area contributed by atoms with Crippen LogP contribution in [0.15, 0.2) is 39.3 Å². The monoisotopic (exact) mass is 475 g/mol. The molecule has 0 radical (unpaired) electrons. The van der Waals surface area contributed by atoms with E-state index in [4.69, 9.17) is 8.94 Å². The fourth-order valence-corrected chi connectivity index (χ4v) is 3.45. The Balaban J connectivity index is 1.70. The van der Waals surface area contributed by atoms with Crippen LogP contribution in [0.2, 0.25) is 0 Å². The molecule has 4 rings (SSSR count). The van der Waals surface area contributed by atoms with Gasteiger partial charge < -0.3 is 8.94 Å². The Morgan fingerprint density at radius 3 is 2.50 bits per heavy atom. The molecule has 176 valence electrons. The predicted octanol–water partition coefficient (Wildman–Crippen LogP) is 5.09. The van der Waals surface area contributed by atoms with Crippen molar-refractivity contribution in [1.29, 1.82) is 0 Å². The molecule has 1 amide bonds. The minimum atomic E-state index is -4.76. The van der Waals surface area contributed by atoms with Crippen LogP contribution in [0.25, 0.3) is 22.4 Å². The van der Waals surface area contributed by atoms with Crippen molar-refractivity contribution in [3.05, 3.63) is 68.8 Å². The highest BCUT2D eigenvalue weighted by Gasteiger charge is 2.33. The second-order valence-electron chi connectivity index (χ2n) is 7.40. The SMILES string of the molecule is Cc1cc(-c2cc(C(=O)NNc3ccc(C(F)(F)F)cc3[N+](=O)[O-])c3c(C)noc3n2)c(C)o1. The molecule has 4 aromatic rings. The van der Waals surface area contributed by atoms with Crippen LogP contribution in [0, 0.1) is 30.9 Å². The molecule has 0 atom stereocenters. The van der Waals surface area contributed by atoms with Gasteiger partial charge in [-0.2, -0.15) is 13.2 Å². The van der Waals surface area contributed by atoms with Gasteiger partial charge in [0.15, 0.2) is 0 Å². The molecule has 13 heteroatoms. The number of hydrazine groups is 1. The number of halogens is 3. The number of carbonyl (C=O) groups excluding carboxylic acids is 1. The highest BCUT2D eigenvalue weighted by molar-refractivity contribution is 6.07. The van der Waals surface area contributed by atoms with Crippen LogP contribution in [0.1, 0.15) is 33.1 Å². The van der Waals surface area contributed by atoms with Gasteiger partial charge in [-0.3, -0.25) is 25.8 Å². The number of hydrogen-bond donors (Lipinski definition) is 2. The molecule has 0 saturated heterocycles. The Morgan fingerprint density at radius 2 is 1.88 bits per heavy atom. The van der Waals surface area contributed by atoms with Crippen LogP contribution in [-0.4, -0.2) is 21.0 Å². The number of rotatable bonds is 5. The van der Waals surface area contributed by atoms with Gasteiger partial charge in [0, 0.05) is 11.6 Å². The van der Waals surface area contributed by atoms with Crippen molar-refractivity contribution in [3.8, 4) is 11.3 Å². The molecule has 0 aliphatic rings. The number of nitro groups is 1. The van der Waals surface area contributed by atoms with Crippen molar-refractivity contribution in [2.24, 2.45) is 0 Å². The molecule has 10 nitrogen and oxygen atoms in total. The maximum absolute atomic E-state index is 13.0. The molecule has 0 aliphatic carbocycles. The molecule has 0 bridgehead atoms. The summed E-state index contributed by atoms with van der Waals surface area (Å²) in [5, 5.41) is 15.4. The number of hydrogen-bond acceptors (Lipinski definition) is 8. The van der Waals surface area contributed by atoms with Gasteiger partial charge in [-0.25, -0.2) is 4.98 Å². The molecule has 0 unspecified atom stereocenters. The summed E-state index contributed by atoms with van der Waals surface area (Å²) < 4.78 is 49.5. The van der Waals surface area contributed by atoms with Crippen LogP contribution in [0.5, 0.6) is 0 Å². The van der Waals surface area contributed by atoms with Crippen LogP contribution in [0.3, 0.4) is 0 Å². The zero-order valence-corrected chi connectivity index (χ0v) is 17.9. The van der Waals surface area contributed by atoms with Crippen molar-refractivity contribution in [3.63, 3.8) is 0 Å². The lowest BCUT2D eigenvalue weighted by Gasteiger charge is -2.12. The van der Waals surface area contributed by atoms with Crippen molar-refractivity contribution in [2.45, 2.75) is 26.9 Å². The Hall–Kier alpha value is -4.42. The maximum Gasteiger partial charge on any atom is 0.416 e. The lowest BCUT2D eigenvalue weighted by atomic mass is 10.1. The van der Waals surface area contributed by atoms with E-state index < -0.39 is 28.3 Å². The molecule has 34 heavy (non-hydrogen) atoms. The minimum Gasteiger partial charge on any atom is -0.466 e. The summed E-state index contributed by atoms with van der Waals surface area (Å²) in [4.78, 5) is 27.7. The number of nitrogens with one attached hydrogen (secondary N) is 2. The second-order valence-corrected chi connectivity index (χ2v) is 7.40. The van der Waals surface area contributed by atoms with Gasteiger partial charge in [0.05, 0.1) is 32.8 Å². The number of aromatic nitrogens is 2. The van der Waals surface area contributed by atoms with Crippen molar-refractivity contribution in [2.75, 3.05) is 5.43 Å². The lowest BCUT2D eigenvalue weighted by molar-refractivity contribution is -0.384. The van der Waals surface area contributed by atoms with E-state index in [0.29, 0.717) is 46.0 Å². The topological polar surface area (TPSA) is 136 Å². The normalized spacial score (nSPS) is 11.6. The van der Waals surface area contributed by atoms with Crippen LogP contribution < -0.4 is 10.9 Å². The molecule has 3 aromatic heterocycles. The lowest BCUT2D eigenvalue weighted by Crippen LogP contribution is -2.30. The van der Waals surface area contributed by atoms with Gasteiger partial charge in [0.2, 0.25) is 0 Å². The first-order chi connectivity index (χ1) is 16.0. The fourth-order valence-electron chi connectivity index (χ4n) is 3.45. The van der Waals surface area contributed by atoms with Crippen molar-refractivity contribution < 1.29 is 31.8 Å².